The average molecular weight is 392 g/mol. The van der Waals surface area contributed by atoms with Crippen molar-refractivity contribution < 1.29 is 0 Å². The minimum absolute atomic E-state index is 0.288. The van der Waals surface area contributed by atoms with Gasteiger partial charge in [-0.1, -0.05) is 36.4 Å². The number of benzene rings is 1. The molecule has 3 atom stereocenters. The third-order valence-electron chi connectivity index (χ3n) is 5.50. The second-order valence-electron chi connectivity index (χ2n) is 6.34. The minimum atomic E-state index is 0.288. The van der Waals surface area contributed by atoms with E-state index < -0.39 is 0 Å². The number of nitrogens with zero attached hydrogens (tertiary/aromatic N) is 1. The first-order chi connectivity index (χ1) is 10.3. The van der Waals surface area contributed by atoms with E-state index in [1.165, 1.54) is 28.7 Å². The molecule has 2 heterocycles. The Labute approximate surface area is 140 Å². The number of para-hydroxylation sites is 1. The van der Waals surface area contributed by atoms with Crippen molar-refractivity contribution in [3.63, 3.8) is 0 Å². The second kappa shape index (κ2) is 5.13. The molecule has 4 rings (SSSR count). The highest BCUT2D eigenvalue weighted by molar-refractivity contribution is 14.1. The van der Waals surface area contributed by atoms with E-state index in [1.54, 1.807) is 5.56 Å². The molecule has 0 saturated carbocycles. The molecule has 1 spiro atoms. The summed E-state index contributed by atoms with van der Waals surface area (Å²) in [4.78, 5) is 2.70. The average Bonchev–Trinajstić information content (AvgIpc) is 3.04. The molecule has 110 valence electrons. The smallest absolute Gasteiger partial charge is 0.0557 e. The Morgan fingerprint density at radius 3 is 3.19 bits per heavy atom. The summed E-state index contributed by atoms with van der Waals surface area (Å²) in [7, 11) is 0. The predicted octanol–water partition coefficient (Wildman–Crippen LogP) is 4.09. The Kier molecular flexibility index (Phi) is 3.38. The van der Waals surface area contributed by atoms with Crippen molar-refractivity contribution in [3.8, 4) is 0 Å². The quantitative estimate of drug-likeness (QED) is 0.603. The minimum Gasteiger partial charge on any atom is -0.378 e. The Hall–Kier alpha value is -0.810. The molecule has 1 aromatic carbocycles. The fourth-order valence-electron chi connectivity index (χ4n) is 4.53. The van der Waals surface area contributed by atoms with E-state index in [1.807, 2.05) is 0 Å². The zero-order chi connectivity index (χ0) is 14.4. The van der Waals surface area contributed by atoms with Crippen LogP contribution < -0.4 is 5.32 Å². The number of likely N-dealkylation sites (tertiary alicyclic amines) is 1. The number of hydrogen-bond acceptors (Lipinski definition) is 2. The summed E-state index contributed by atoms with van der Waals surface area (Å²) >= 11 is 2.48. The van der Waals surface area contributed by atoms with Crippen molar-refractivity contribution in [2.24, 2.45) is 0 Å². The van der Waals surface area contributed by atoms with Crippen LogP contribution in [0.4, 0.5) is 5.69 Å². The maximum atomic E-state index is 3.76. The lowest BCUT2D eigenvalue weighted by Crippen LogP contribution is -2.50. The molecular formula is C18H21IN2. The molecule has 1 aliphatic carbocycles. The standard InChI is InChI=1S/C18H21IN2/c1-2-13(19)12-21-11-10-18-14-6-3-4-7-15(14)20-16(18)8-5-9-17(18)21/h2-8,16-17,20H,9-12H2,1H3/b13-2-/t16-,17-,18+/m0/s1. The van der Waals surface area contributed by atoms with E-state index in [9.17, 15) is 0 Å². The zero-order valence-corrected chi connectivity index (χ0v) is 14.5. The Bertz CT molecular complexity index is 621. The summed E-state index contributed by atoms with van der Waals surface area (Å²) in [6.45, 7) is 4.45. The number of anilines is 1. The van der Waals surface area contributed by atoms with Gasteiger partial charge in [0.1, 0.15) is 0 Å². The number of halogens is 1. The topological polar surface area (TPSA) is 15.3 Å². The van der Waals surface area contributed by atoms with Gasteiger partial charge in [0.25, 0.3) is 0 Å². The Balaban J connectivity index is 1.76. The van der Waals surface area contributed by atoms with E-state index in [0.29, 0.717) is 12.1 Å². The summed E-state index contributed by atoms with van der Waals surface area (Å²) < 4.78 is 1.45. The third-order valence-corrected chi connectivity index (χ3v) is 6.46. The number of fused-ring (bicyclic) bond motifs is 1. The first-order valence-electron chi connectivity index (χ1n) is 7.83. The fraction of sp³-hybridized carbons (Fsp3) is 0.444. The molecule has 1 fully saturated rings. The maximum absolute atomic E-state index is 3.76. The molecule has 0 unspecified atom stereocenters. The van der Waals surface area contributed by atoms with Crippen molar-refractivity contribution in [2.75, 3.05) is 18.4 Å². The fourth-order valence-corrected chi connectivity index (χ4v) is 4.97. The van der Waals surface area contributed by atoms with Crippen molar-refractivity contribution >= 4 is 28.3 Å². The summed E-state index contributed by atoms with van der Waals surface area (Å²) in [5, 5.41) is 3.76. The maximum Gasteiger partial charge on any atom is 0.0557 e. The molecule has 3 aliphatic rings. The lowest BCUT2D eigenvalue weighted by molar-refractivity contribution is 0.215. The number of nitrogens with one attached hydrogen (secondary N) is 1. The molecule has 1 aromatic rings. The van der Waals surface area contributed by atoms with Crippen LogP contribution in [0.1, 0.15) is 25.3 Å². The Morgan fingerprint density at radius 1 is 1.48 bits per heavy atom. The van der Waals surface area contributed by atoms with Gasteiger partial charge >= 0.3 is 0 Å². The highest BCUT2D eigenvalue weighted by Crippen LogP contribution is 2.53. The Morgan fingerprint density at radius 2 is 2.33 bits per heavy atom. The van der Waals surface area contributed by atoms with E-state index in [-0.39, 0.29) is 5.41 Å². The van der Waals surface area contributed by atoms with Crippen LogP contribution in [0.3, 0.4) is 0 Å². The largest absolute Gasteiger partial charge is 0.378 e. The van der Waals surface area contributed by atoms with Gasteiger partial charge in [-0.3, -0.25) is 4.90 Å². The third kappa shape index (κ3) is 1.93. The van der Waals surface area contributed by atoms with Crippen molar-refractivity contribution in [2.45, 2.75) is 37.3 Å². The summed E-state index contributed by atoms with van der Waals surface area (Å²) in [6, 6.07) is 10.0. The van der Waals surface area contributed by atoms with Crippen LogP contribution in [0, 0.1) is 0 Å². The molecule has 1 saturated heterocycles. The van der Waals surface area contributed by atoms with E-state index >= 15 is 0 Å². The molecular weight excluding hydrogens is 371 g/mol. The monoisotopic (exact) mass is 392 g/mol. The van der Waals surface area contributed by atoms with Crippen LogP contribution in [0.5, 0.6) is 0 Å². The van der Waals surface area contributed by atoms with E-state index in [4.69, 9.17) is 0 Å². The van der Waals surface area contributed by atoms with Gasteiger partial charge in [-0.2, -0.15) is 0 Å². The van der Waals surface area contributed by atoms with Crippen molar-refractivity contribution in [1.29, 1.82) is 0 Å². The normalized spacial score (nSPS) is 34.3. The lowest BCUT2D eigenvalue weighted by atomic mass is 9.67. The molecule has 0 amide bonds. The summed E-state index contributed by atoms with van der Waals surface area (Å²) in [6.07, 6.45) is 9.47. The molecule has 1 N–H and O–H groups in total. The molecule has 2 nitrogen and oxygen atoms in total. The van der Waals surface area contributed by atoms with Crippen molar-refractivity contribution in [3.05, 3.63) is 51.6 Å². The predicted molar refractivity (Wildman–Crippen MR) is 97.0 cm³/mol. The van der Waals surface area contributed by atoms with E-state index in [0.717, 1.165) is 6.54 Å². The SMILES string of the molecule is C/C=C(\I)CN1CC[C@@]23c4ccccc4N[C@H]2C=CC[C@H]13. The molecule has 0 bridgehead atoms. The first kappa shape index (κ1) is 13.8. The van der Waals surface area contributed by atoms with Crippen LogP contribution >= 0.6 is 22.6 Å². The van der Waals surface area contributed by atoms with Gasteiger partial charge in [0, 0.05) is 27.3 Å². The van der Waals surface area contributed by atoms with Gasteiger partial charge in [-0.25, -0.2) is 0 Å². The number of hydrogen-bond donors (Lipinski definition) is 1. The van der Waals surface area contributed by atoms with E-state index in [2.05, 4.69) is 82.2 Å². The number of allylic oxidation sites excluding steroid dienone is 1. The van der Waals surface area contributed by atoms with Gasteiger partial charge in [0.15, 0.2) is 0 Å². The van der Waals surface area contributed by atoms with Gasteiger partial charge in [0.2, 0.25) is 0 Å². The highest BCUT2D eigenvalue weighted by atomic mass is 127. The molecule has 0 radical (unpaired) electrons. The second-order valence-corrected chi connectivity index (χ2v) is 7.73. The van der Waals surface area contributed by atoms with Crippen LogP contribution in [-0.2, 0) is 5.41 Å². The highest BCUT2D eigenvalue weighted by Gasteiger charge is 2.56. The molecule has 2 aliphatic heterocycles. The van der Waals surface area contributed by atoms with Gasteiger partial charge < -0.3 is 5.32 Å². The van der Waals surface area contributed by atoms with Crippen LogP contribution in [0.25, 0.3) is 0 Å². The van der Waals surface area contributed by atoms with Crippen molar-refractivity contribution in [1.82, 2.24) is 4.90 Å². The van der Waals surface area contributed by atoms with Gasteiger partial charge in [0.05, 0.1) is 6.04 Å². The summed E-state index contributed by atoms with van der Waals surface area (Å²) in [5.74, 6) is 0. The molecule has 21 heavy (non-hydrogen) atoms. The van der Waals surface area contributed by atoms with Gasteiger partial charge in [-0.15, -0.1) is 0 Å². The first-order valence-corrected chi connectivity index (χ1v) is 8.91. The zero-order valence-electron chi connectivity index (χ0n) is 12.3. The molecule has 3 heteroatoms. The lowest BCUT2D eigenvalue weighted by Gasteiger charge is -2.41. The van der Waals surface area contributed by atoms with Crippen LogP contribution in [0.2, 0.25) is 0 Å². The van der Waals surface area contributed by atoms with Crippen LogP contribution in [0.15, 0.2) is 46.1 Å². The molecule has 0 aromatic heterocycles. The van der Waals surface area contributed by atoms with Gasteiger partial charge in [-0.05, 0) is 60.5 Å². The van der Waals surface area contributed by atoms with Crippen LogP contribution in [-0.4, -0.2) is 30.1 Å². The number of rotatable bonds is 2. The summed E-state index contributed by atoms with van der Waals surface area (Å²) in [5.41, 5.74) is 3.18.